The van der Waals surface area contributed by atoms with Gasteiger partial charge in [-0.25, -0.2) is 9.67 Å². The molecule has 7 heteroatoms. The van der Waals surface area contributed by atoms with E-state index in [1.54, 1.807) is 10.9 Å². The van der Waals surface area contributed by atoms with Gasteiger partial charge in [0.15, 0.2) is 17.1 Å². The van der Waals surface area contributed by atoms with E-state index in [4.69, 9.17) is 15.2 Å². The van der Waals surface area contributed by atoms with Crippen LogP contribution in [-0.4, -0.2) is 33.0 Å². The number of fused-ring (bicyclic) bond motifs is 2. The van der Waals surface area contributed by atoms with Crippen LogP contribution in [0.2, 0.25) is 0 Å². The molecule has 0 saturated carbocycles. The monoisotopic (exact) mass is 283 g/mol. The maximum atomic E-state index is 5.63. The molecular formula is C14H13N5O2. The van der Waals surface area contributed by atoms with Gasteiger partial charge < -0.3 is 15.2 Å². The van der Waals surface area contributed by atoms with E-state index in [-0.39, 0.29) is 5.95 Å². The van der Waals surface area contributed by atoms with Gasteiger partial charge in [-0.2, -0.15) is 10.1 Å². The lowest BCUT2D eigenvalue weighted by molar-refractivity contribution is 0.171. The molecule has 1 aliphatic rings. The van der Waals surface area contributed by atoms with Gasteiger partial charge in [0, 0.05) is 18.8 Å². The second-order valence-corrected chi connectivity index (χ2v) is 4.80. The molecule has 0 spiro atoms. The van der Waals surface area contributed by atoms with E-state index < -0.39 is 0 Å². The fourth-order valence-corrected chi connectivity index (χ4v) is 2.45. The first-order valence-corrected chi connectivity index (χ1v) is 6.57. The maximum absolute atomic E-state index is 5.63. The van der Waals surface area contributed by atoms with Crippen LogP contribution >= 0.6 is 0 Å². The van der Waals surface area contributed by atoms with E-state index in [1.807, 2.05) is 25.2 Å². The molecular weight excluding hydrogens is 270 g/mol. The average molecular weight is 283 g/mol. The summed E-state index contributed by atoms with van der Waals surface area (Å²) in [6.07, 6.45) is 1.69. The van der Waals surface area contributed by atoms with E-state index in [2.05, 4.69) is 15.1 Å². The number of benzene rings is 1. The predicted molar refractivity (Wildman–Crippen MR) is 77.1 cm³/mol. The lowest BCUT2D eigenvalue weighted by Gasteiger charge is -2.18. The van der Waals surface area contributed by atoms with Crippen molar-refractivity contribution in [2.24, 2.45) is 7.05 Å². The Kier molecular flexibility index (Phi) is 2.47. The Labute approximate surface area is 120 Å². The molecule has 7 nitrogen and oxygen atoms in total. The summed E-state index contributed by atoms with van der Waals surface area (Å²) >= 11 is 0. The summed E-state index contributed by atoms with van der Waals surface area (Å²) in [4.78, 5) is 8.27. The number of hydrogen-bond donors (Lipinski definition) is 1. The molecule has 21 heavy (non-hydrogen) atoms. The topological polar surface area (TPSA) is 88.1 Å². The van der Waals surface area contributed by atoms with Gasteiger partial charge in [0.05, 0.1) is 5.39 Å². The molecule has 0 saturated heterocycles. The summed E-state index contributed by atoms with van der Waals surface area (Å²) < 4.78 is 12.8. The van der Waals surface area contributed by atoms with Crippen molar-refractivity contribution >= 4 is 17.0 Å². The fourth-order valence-electron chi connectivity index (χ4n) is 2.45. The molecule has 0 amide bonds. The molecule has 2 aromatic heterocycles. The smallest absolute Gasteiger partial charge is 0.222 e. The van der Waals surface area contributed by atoms with Crippen molar-refractivity contribution in [3.05, 3.63) is 24.4 Å². The van der Waals surface area contributed by atoms with Gasteiger partial charge in [-0.15, -0.1) is 0 Å². The summed E-state index contributed by atoms with van der Waals surface area (Å²) in [6.45, 7) is 1.13. The summed E-state index contributed by atoms with van der Waals surface area (Å²) in [5.74, 6) is 1.72. The minimum absolute atomic E-state index is 0.235. The van der Waals surface area contributed by atoms with E-state index in [0.29, 0.717) is 18.9 Å². The molecule has 2 N–H and O–H groups in total. The van der Waals surface area contributed by atoms with Crippen LogP contribution in [0.3, 0.4) is 0 Å². The Bertz CT molecular complexity index is 843. The summed E-state index contributed by atoms with van der Waals surface area (Å²) in [7, 11) is 1.83. The molecule has 0 atom stereocenters. The van der Waals surface area contributed by atoms with Gasteiger partial charge in [0.25, 0.3) is 0 Å². The number of nitrogens with zero attached hydrogens (tertiary/aromatic N) is 4. The normalized spacial score (nSPS) is 13.6. The van der Waals surface area contributed by atoms with Gasteiger partial charge in [-0.1, -0.05) is 0 Å². The van der Waals surface area contributed by atoms with Crippen LogP contribution in [0.4, 0.5) is 5.95 Å². The van der Waals surface area contributed by atoms with Crippen molar-refractivity contribution in [2.45, 2.75) is 0 Å². The lowest BCUT2D eigenvalue weighted by atomic mass is 10.1. The highest BCUT2D eigenvalue weighted by molar-refractivity contribution is 5.91. The standard InChI is InChI=1S/C14H13N5O2/c1-19-13-9(7-16-14(15)17-13)12(18-19)8-2-3-10-11(6-8)21-5-4-20-10/h2-3,6-7H,4-5H2,1H3,(H2,15,16,17). The molecule has 0 radical (unpaired) electrons. The molecule has 106 valence electrons. The van der Waals surface area contributed by atoms with Crippen LogP contribution in [-0.2, 0) is 7.05 Å². The summed E-state index contributed by atoms with van der Waals surface area (Å²) in [5.41, 5.74) is 8.06. The zero-order valence-corrected chi connectivity index (χ0v) is 11.4. The average Bonchev–Trinajstić information content (AvgIpc) is 2.83. The van der Waals surface area contributed by atoms with Crippen LogP contribution in [0.25, 0.3) is 22.3 Å². The quantitative estimate of drug-likeness (QED) is 0.726. The number of aryl methyl sites for hydroxylation is 1. The highest BCUT2D eigenvalue weighted by Gasteiger charge is 2.17. The second-order valence-electron chi connectivity index (χ2n) is 4.80. The van der Waals surface area contributed by atoms with Crippen molar-refractivity contribution < 1.29 is 9.47 Å². The molecule has 0 fully saturated rings. The van der Waals surface area contributed by atoms with Crippen molar-refractivity contribution in [3.63, 3.8) is 0 Å². The highest BCUT2D eigenvalue weighted by Crippen LogP contribution is 2.35. The van der Waals surface area contributed by atoms with Gasteiger partial charge in [0.1, 0.15) is 18.9 Å². The van der Waals surface area contributed by atoms with Crippen LogP contribution in [0.1, 0.15) is 0 Å². The van der Waals surface area contributed by atoms with E-state index in [9.17, 15) is 0 Å². The lowest BCUT2D eigenvalue weighted by Crippen LogP contribution is -2.15. The van der Waals surface area contributed by atoms with Crippen LogP contribution < -0.4 is 15.2 Å². The molecule has 0 unspecified atom stereocenters. The van der Waals surface area contributed by atoms with Gasteiger partial charge in [-0.3, -0.25) is 0 Å². The Morgan fingerprint density at radius 2 is 2.00 bits per heavy atom. The molecule has 0 bridgehead atoms. The number of rotatable bonds is 1. The Morgan fingerprint density at radius 3 is 2.86 bits per heavy atom. The number of nitrogen functional groups attached to an aromatic ring is 1. The Morgan fingerprint density at radius 1 is 1.19 bits per heavy atom. The summed E-state index contributed by atoms with van der Waals surface area (Å²) in [5, 5.41) is 5.36. The molecule has 3 heterocycles. The summed E-state index contributed by atoms with van der Waals surface area (Å²) in [6, 6.07) is 5.76. The third-order valence-corrected chi connectivity index (χ3v) is 3.41. The van der Waals surface area contributed by atoms with E-state index in [0.717, 1.165) is 28.1 Å². The molecule has 0 aliphatic carbocycles. The zero-order valence-electron chi connectivity index (χ0n) is 11.4. The van der Waals surface area contributed by atoms with E-state index >= 15 is 0 Å². The van der Waals surface area contributed by atoms with Crippen molar-refractivity contribution in [2.75, 3.05) is 18.9 Å². The third-order valence-electron chi connectivity index (χ3n) is 3.41. The minimum Gasteiger partial charge on any atom is -0.486 e. The number of aromatic nitrogens is 4. The first-order chi connectivity index (χ1) is 10.2. The van der Waals surface area contributed by atoms with Gasteiger partial charge in [0.2, 0.25) is 5.95 Å². The Balaban J connectivity index is 1.90. The predicted octanol–water partition coefficient (Wildman–Crippen LogP) is 1.38. The van der Waals surface area contributed by atoms with Gasteiger partial charge in [-0.05, 0) is 18.2 Å². The molecule has 3 aromatic rings. The van der Waals surface area contributed by atoms with Crippen LogP contribution in [0.15, 0.2) is 24.4 Å². The van der Waals surface area contributed by atoms with Crippen LogP contribution in [0.5, 0.6) is 11.5 Å². The Hall–Kier alpha value is -2.83. The minimum atomic E-state index is 0.235. The third kappa shape index (κ3) is 1.85. The molecule has 1 aromatic carbocycles. The number of hydrogen-bond acceptors (Lipinski definition) is 6. The fraction of sp³-hybridized carbons (Fsp3) is 0.214. The van der Waals surface area contributed by atoms with Crippen molar-refractivity contribution in [1.29, 1.82) is 0 Å². The largest absolute Gasteiger partial charge is 0.486 e. The number of nitrogens with two attached hydrogens (primary N) is 1. The van der Waals surface area contributed by atoms with E-state index in [1.165, 1.54) is 0 Å². The maximum Gasteiger partial charge on any atom is 0.222 e. The van der Waals surface area contributed by atoms with Gasteiger partial charge >= 0.3 is 0 Å². The van der Waals surface area contributed by atoms with Crippen molar-refractivity contribution in [1.82, 2.24) is 19.7 Å². The second kappa shape index (κ2) is 4.34. The van der Waals surface area contributed by atoms with Crippen LogP contribution in [0, 0.1) is 0 Å². The first-order valence-electron chi connectivity index (χ1n) is 6.57. The molecule has 4 rings (SSSR count). The van der Waals surface area contributed by atoms with Crippen molar-refractivity contribution in [3.8, 4) is 22.8 Å². The number of ether oxygens (including phenoxy) is 2. The molecule has 1 aliphatic heterocycles. The zero-order chi connectivity index (χ0) is 14.4. The highest BCUT2D eigenvalue weighted by atomic mass is 16.6. The SMILES string of the molecule is Cn1nc(-c2ccc3c(c2)OCCO3)c2cnc(N)nc21. The number of anilines is 1. The first kappa shape index (κ1) is 12.0.